The summed E-state index contributed by atoms with van der Waals surface area (Å²) in [6.07, 6.45) is 4.34. The molecule has 5 rings (SSSR count). The van der Waals surface area contributed by atoms with Crippen LogP contribution in [-0.2, 0) is 18.7 Å². The molecule has 2 aromatic carbocycles. The topological polar surface area (TPSA) is 59.8 Å². The third kappa shape index (κ3) is 5.78. The Kier molecular flexibility index (Phi) is 7.65. The number of fused-ring (bicyclic) bond motifs is 1. The number of thioether (sulfide) groups is 1. The van der Waals surface area contributed by atoms with Crippen LogP contribution in [0.25, 0.3) is 11.0 Å². The number of carbonyl (C=O) groups is 1. The van der Waals surface area contributed by atoms with Crippen LogP contribution in [0, 0.1) is 5.82 Å². The van der Waals surface area contributed by atoms with Crippen molar-refractivity contribution in [2.75, 3.05) is 6.54 Å². The van der Waals surface area contributed by atoms with Gasteiger partial charge in [0.25, 0.3) is 5.91 Å². The molecular weight excluding hydrogens is 515 g/mol. The van der Waals surface area contributed by atoms with Crippen molar-refractivity contribution >= 4 is 51.6 Å². The Morgan fingerprint density at radius 1 is 1.14 bits per heavy atom. The molecule has 0 aliphatic rings. The van der Waals surface area contributed by atoms with Gasteiger partial charge in [-0.2, -0.15) is 0 Å². The third-order valence-corrected chi connectivity index (χ3v) is 7.99. The van der Waals surface area contributed by atoms with Crippen molar-refractivity contribution in [1.29, 1.82) is 0 Å². The highest BCUT2D eigenvalue weighted by Gasteiger charge is 2.14. The maximum absolute atomic E-state index is 13.4. The summed E-state index contributed by atoms with van der Waals surface area (Å²) in [6.45, 7) is 1.18. The number of benzene rings is 2. The number of nitrogens with zero attached hydrogens (tertiary/aromatic N) is 3. The lowest BCUT2D eigenvalue weighted by Gasteiger charge is -2.11. The first-order valence-corrected chi connectivity index (χ1v) is 13.6. The van der Waals surface area contributed by atoms with Crippen LogP contribution in [0.1, 0.15) is 26.4 Å². The number of carbonyl (C=O) groups excluding carboxylic acids is 1. The first-order chi connectivity index (χ1) is 17.6. The van der Waals surface area contributed by atoms with Crippen LogP contribution in [-0.4, -0.2) is 27.0 Å². The summed E-state index contributed by atoms with van der Waals surface area (Å²) < 4.78 is 15.5. The van der Waals surface area contributed by atoms with Gasteiger partial charge >= 0.3 is 0 Å². The predicted octanol–water partition coefficient (Wildman–Crippen LogP) is 6.60. The van der Waals surface area contributed by atoms with E-state index in [-0.39, 0.29) is 11.7 Å². The van der Waals surface area contributed by atoms with E-state index >= 15 is 0 Å². The van der Waals surface area contributed by atoms with Crippen LogP contribution < -0.4 is 5.32 Å². The predicted molar refractivity (Wildman–Crippen MR) is 144 cm³/mol. The van der Waals surface area contributed by atoms with Gasteiger partial charge in [0.15, 0.2) is 5.16 Å². The molecule has 0 aliphatic carbocycles. The monoisotopic (exact) mass is 536 g/mol. The van der Waals surface area contributed by atoms with Crippen LogP contribution >= 0.6 is 34.7 Å². The van der Waals surface area contributed by atoms with Crippen molar-refractivity contribution in [2.24, 2.45) is 0 Å². The van der Waals surface area contributed by atoms with Crippen molar-refractivity contribution in [3.05, 3.63) is 111 Å². The highest BCUT2D eigenvalue weighted by atomic mass is 35.5. The molecule has 36 heavy (non-hydrogen) atoms. The van der Waals surface area contributed by atoms with Gasteiger partial charge in [0.05, 0.1) is 23.8 Å². The lowest BCUT2D eigenvalue weighted by atomic mass is 10.1. The molecule has 0 radical (unpaired) electrons. The number of nitrogens with one attached hydrogen (secondary N) is 1. The second-order valence-corrected chi connectivity index (χ2v) is 10.5. The summed E-state index contributed by atoms with van der Waals surface area (Å²) in [5.41, 5.74) is 4.27. The van der Waals surface area contributed by atoms with Crippen molar-refractivity contribution in [3.8, 4) is 0 Å². The Hall–Kier alpha value is -3.20. The molecule has 3 aromatic heterocycles. The normalized spacial score (nSPS) is 11.2. The van der Waals surface area contributed by atoms with Crippen molar-refractivity contribution < 1.29 is 9.18 Å². The van der Waals surface area contributed by atoms with Gasteiger partial charge in [-0.05, 0) is 59.3 Å². The SMILES string of the molecule is O=C(NCCc1cccs1)c1ccc(Cn2c(SCc3ccc(F)cc3Cl)nc3ccncc32)cc1. The zero-order valence-corrected chi connectivity index (χ0v) is 21.5. The lowest BCUT2D eigenvalue weighted by molar-refractivity contribution is 0.0954. The highest BCUT2D eigenvalue weighted by Crippen LogP contribution is 2.30. The minimum atomic E-state index is -0.355. The van der Waals surface area contributed by atoms with Gasteiger partial charge in [0, 0.05) is 34.0 Å². The number of amides is 1. The molecule has 182 valence electrons. The molecule has 0 unspecified atom stereocenters. The van der Waals surface area contributed by atoms with Crippen LogP contribution in [0.2, 0.25) is 5.02 Å². The van der Waals surface area contributed by atoms with Crippen LogP contribution in [0.5, 0.6) is 0 Å². The number of hydrogen-bond acceptors (Lipinski definition) is 5. The van der Waals surface area contributed by atoms with E-state index in [1.807, 2.05) is 41.8 Å². The average Bonchev–Trinajstić information content (AvgIpc) is 3.52. The van der Waals surface area contributed by atoms with Crippen molar-refractivity contribution in [3.63, 3.8) is 0 Å². The van der Waals surface area contributed by atoms with Gasteiger partial charge in [-0.3, -0.25) is 9.78 Å². The van der Waals surface area contributed by atoms with Crippen molar-refractivity contribution in [1.82, 2.24) is 19.9 Å². The van der Waals surface area contributed by atoms with Gasteiger partial charge in [-0.15, -0.1) is 11.3 Å². The molecule has 9 heteroatoms. The fourth-order valence-corrected chi connectivity index (χ4v) is 5.83. The maximum atomic E-state index is 13.4. The third-order valence-electron chi connectivity index (χ3n) is 5.68. The Morgan fingerprint density at radius 2 is 2.00 bits per heavy atom. The van der Waals surface area contributed by atoms with E-state index in [1.54, 1.807) is 29.8 Å². The first kappa shape index (κ1) is 24.5. The molecular formula is C27H22ClFN4OS2. The summed E-state index contributed by atoms with van der Waals surface area (Å²) in [4.78, 5) is 22.8. The molecule has 0 saturated heterocycles. The number of hydrogen-bond donors (Lipinski definition) is 1. The molecule has 0 fully saturated rings. The zero-order chi connectivity index (χ0) is 24.9. The minimum Gasteiger partial charge on any atom is -0.352 e. The van der Waals surface area contributed by atoms with Gasteiger partial charge in [-0.25, -0.2) is 9.37 Å². The average molecular weight is 537 g/mol. The lowest BCUT2D eigenvalue weighted by Crippen LogP contribution is -2.25. The Labute approximate surface area is 221 Å². The fourth-order valence-electron chi connectivity index (χ4n) is 3.79. The minimum absolute atomic E-state index is 0.0807. The smallest absolute Gasteiger partial charge is 0.251 e. The van der Waals surface area contributed by atoms with Gasteiger partial charge in [-0.1, -0.05) is 47.6 Å². The summed E-state index contributed by atoms with van der Waals surface area (Å²) >= 11 is 9.45. The van der Waals surface area contributed by atoms with Crippen LogP contribution in [0.4, 0.5) is 4.39 Å². The fraction of sp³-hybridized carbons (Fsp3) is 0.148. The highest BCUT2D eigenvalue weighted by molar-refractivity contribution is 7.98. The molecule has 1 amide bonds. The summed E-state index contributed by atoms with van der Waals surface area (Å²) in [7, 11) is 0. The summed E-state index contributed by atoms with van der Waals surface area (Å²) in [5.74, 6) is 0.120. The summed E-state index contributed by atoms with van der Waals surface area (Å²) in [6, 6.07) is 18.0. The van der Waals surface area contributed by atoms with Crippen molar-refractivity contribution in [2.45, 2.75) is 23.9 Å². The van der Waals surface area contributed by atoms with E-state index in [1.165, 1.54) is 28.8 Å². The number of halogens is 2. The molecule has 0 bridgehead atoms. The second kappa shape index (κ2) is 11.2. The number of imidazole rings is 1. The second-order valence-electron chi connectivity index (χ2n) is 8.15. The standard InChI is InChI=1S/C27H22ClFN4OS2/c28-23-14-21(29)8-7-20(23)17-36-27-32-24-10-11-30-15-25(24)33(27)16-18-3-5-19(6-4-18)26(34)31-12-9-22-2-1-13-35-22/h1-8,10-11,13-15H,9,12,16-17H2,(H,31,34). The molecule has 1 N–H and O–H groups in total. The number of aromatic nitrogens is 3. The largest absolute Gasteiger partial charge is 0.352 e. The van der Waals surface area contributed by atoms with Crippen LogP contribution in [0.3, 0.4) is 0 Å². The maximum Gasteiger partial charge on any atom is 0.251 e. The molecule has 0 aliphatic heterocycles. The molecule has 0 saturated carbocycles. The van der Waals surface area contributed by atoms with E-state index in [0.717, 1.165) is 33.7 Å². The number of thiophene rings is 1. The van der Waals surface area contributed by atoms with Gasteiger partial charge in [0.1, 0.15) is 5.82 Å². The molecule has 5 nitrogen and oxygen atoms in total. The quantitative estimate of drug-likeness (QED) is 0.216. The molecule has 0 spiro atoms. The molecule has 0 atom stereocenters. The first-order valence-electron chi connectivity index (χ1n) is 11.3. The summed E-state index contributed by atoms with van der Waals surface area (Å²) in [5, 5.41) is 6.23. The molecule has 3 heterocycles. The van der Waals surface area contributed by atoms with E-state index in [2.05, 4.69) is 20.9 Å². The van der Waals surface area contributed by atoms with E-state index in [9.17, 15) is 9.18 Å². The van der Waals surface area contributed by atoms with Crippen LogP contribution in [0.15, 0.2) is 83.6 Å². The molecule has 5 aromatic rings. The number of rotatable bonds is 9. The number of pyridine rings is 1. The van der Waals surface area contributed by atoms with Gasteiger partial charge in [0.2, 0.25) is 0 Å². The Balaban J connectivity index is 1.29. The zero-order valence-electron chi connectivity index (χ0n) is 19.2. The van der Waals surface area contributed by atoms with E-state index in [4.69, 9.17) is 16.6 Å². The van der Waals surface area contributed by atoms with Gasteiger partial charge < -0.3 is 9.88 Å². The van der Waals surface area contributed by atoms with E-state index in [0.29, 0.717) is 29.4 Å². The Morgan fingerprint density at radius 3 is 2.78 bits per heavy atom. The van der Waals surface area contributed by atoms with E-state index < -0.39 is 0 Å². The Bertz CT molecular complexity index is 1490.